The van der Waals surface area contributed by atoms with E-state index in [0.717, 1.165) is 42.6 Å². The Morgan fingerprint density at radius 1 is 1.19 bits per heavy atom. The Labute approximate surface area is 183 Å². The smallest absolute Gasteiger partial charge is 0.232 e. The highest BCUT2D eigenvalue weighted by atomic mass is 16.2. The van der Waals surface area contributed by atoms with Crippen LogP contribution in [0.15, 0.2) is 53.8 Å². The van der Waals surface area contributed by atoms with Gasteiger partial charge in [0.25, 0.3) is 0 Å². The number of nitrogens with zero attached hydrogens (tertiary/aromatic N) is 4. The molecule has 2 N–H and O–H groups in total. The number of hydrogen-bond acceptors (Lipinski definition) is 5. The van der Waals surface area contributed by atoms with Gasteiger partial charge in [0.15, 0.2) is 5.96 Å². The van der Waals surface area contributed by atoms with Crippen LogP contribution >= 0.6 is 0 Å². The second-order valence-electron chi connectivity index (χ2n) is 8.70. The van der Waals surface area contributed by atoms with Gasteiger partial charge in [0, 0.05) is 39.0 Å². The summed E-state index contributed by atoms with van der Waals surface area (Å²) >= 11 is 0. The minimum Gasteiger partial charge on any atom is -0.369 e. The number of rotatable bonds is 4. The summed E-state index contributed by atoms with van der Waals surface area (Å²) in [6.07, 6.45) is 5.60. The van der Waals surface area contributed by atoms with E-state index in [4.69, 9.17) is 10.7 Å². The molecule has 2 aliphatic rings. The number of amides is 2. The maximum Gasteiger partial charge on any atom is 0.232 e. The standard InChI is InChI=1S/C24H29N5O2/c1-17(30)28-11-8-18(9-12-28)16-29-22(31)14-24(2,27-23(29)25)21-7-3-5-19(13-21)20-6-4-10-26-15-20/h3-7,10,13,15,18H,8-9,11-12,14,16H2,1-2H3,(H2,25,27)/t24-/m0/s1. The fourth-order valence-electron chi connectivity index (χ4n) is 4.49. The Bertz CT molecular complexity index is 998. The molecule has 0 spiro atoms. The van der Waals surface area contributed by atoms with Gasteiger partial charge in [0.05, 0.1) is 12.0 Å². The molecule has 162 valence electrons. The van der Waals surface area contributed by atoms with E-state index in [2.05, 4.69) is 11.1 Å². The summed E-state index contributed by atoms with van der Waals surface area (Å²) in [5.74, 6) is 0.708. The van der Waals surface area contributed by atoms with E-state index >= 15 is 0 Å². The molecule has 1 aromatic carbocycles. The molecule has 31 heavy (non-hydrogen) atoms. The van der Waals surface area contributed by atoms with E-state index in [1.165, 1.54) is 0 Å². The highest BCUT2D eigenvalue weighted by Gasteiger charge is 2.38. The zero-order valence-electron chi connectivity index (χ0n) is 18.1. The minimum atomic E-state index is -0.701. The summed E-state index contributed by atoms with van der Waals surface area (Å²) in [4.78, 5) is 37.1. The molecule has 0 aliphatic carbocycles. The van der Waals surface area contributed by atoms with Crippen LogP contribution in [0.25, 0.3) is 11.1 Å². The van der Waals surface area contributed by atoms with Crippen molar-refractivity contribution in [2.24, 2.45) is 16.6 Å². The molecule has 0 bridgehead atoms. The van der Waals surface area contributed by atoms with Crippen molar-refractivity contribution in [3.05, 3.63) is 54.4 Å². The number of nitrogens with two attached hydrogens (primary N) is 1. The molecule has 7 nitrogen and oxygen atoms in total. The molecule has 2 amide bonds. The van der Waals surface area contributed by atoms with Gasteiger partial charge >= 0.3 is 0 Å². The van der Waals surface area contributed by atoms with Gasteiger partial charge in [-0.25, -0.2) is 4.99 Å². The number of guanidine groups is 1. The first-order chi connectivity index (χ1) is 14.9. The Morgan fingerprint density at radius 3 is 2.58 bits per heavy atom. The van der Waals surface area contributed by atoms with Gasteiger partial charge in [-0.1, -0.05) is 24.3 Å². The van der Waals surface area contributed by atoms with Crippen molar-refractivity contribution in [2.45, 2.75) is 38.6 Å². The third kappa shape index (κ3) is 4.45. The van der Waals surface area contributed by atoms with Crippen LogP contribution in [-0.2, 0) is 15.1 Å². The van der Waals surface area contributed by atoms with Gasteiger partial charge in [0.1, 0.15) is 0 Å². The van der Waals surface area contributed by atoms with Crippen LogP contribution in [0.2, 0.25) is 0 Å². The van der Waals surface area contributed by atoms with E-state index in [0.29, 0.717) is 12.5 Å². The molecular weight excluding hydrogens is 390 g/mol. The topological polar surface area (TPSA) is 91.9 Å². The summed E-state index contributed by atoms with van der Waals surface area (Å²) < 4.78 is 0. The Balaban J connectivity index is 1.51. The van der Waals surface area contributed by atoms with Crippen LogP contribution in [0.4, 0.5) is 0 Å². The monoisotopic (exact) mass is 419 g/mol. The lowest BCUT2D eigenvalue weighted by molar-refractivity contribution is -0.132. The van der Waals surface area contributed by atoms with Crippen molar-refractivity contribution in [1.29, 1.82) is 0 Å². The molecule has 1 atom stereocenters. The molecule has 1 saturated heterocycles. The molecule has 0 radical (unpaired) electrons. The number of hydrogen-bond donors (Lipinski definition) is 1. The Morgan fingerprint density at radius 2 is 1.94 bits per heavy atom. The predicted octanol–water partition coefficient (Wildman–Crippen LogP) is 2.77. The first-order valence-electron chi connectivity index (χ1n) is 10.8. The molecule has 7 heteroatoms. The fraction of sp³-hybridized carbons (Fsp3) is 0.417. The average Bonchev–Trinajstić information content (AvgIpc) is 2.77. The maximum atomic E-state index is 13.1. The SMILES string of the molecule is CC(=O)N1CCC(CN2C(=O)C[C@@](C)(c3cccc(-c4cccnc4)c3)N=C2N)CC1. The van der Waals surface area contributed by atoms with Crippen molar-refractivity contribution in [3.8, 4) is 11.1 Å². The second kappa shape index (κ2) is 8.49. The van der Waals surface area contributed by atoms with Crippen LogP contribution in [0.3, 0.4) is 0 Å². The number of piperidine rings is 1. The van der Waals surface area contributed by atoms with Crippen molar-refractivity contribution >= 4 is 17.8 Å². The minimum absolute atomic E-state index is 0.00391. The Kier molecular flexibility index (Phi) is 5.76. The van der Waals surface area contributed by atoms with Gasteiger partial charge in [-0.2, -0.15) is 0 Å². The van der Waals surface area contributed by atoms with Crippen LogP contribution < -0.4 is 5.73 Å². The van der Waals surface area contributed by atoms with Crippen LogP contribution in [0.1, 0.15) is 38.7 Å². The highest BCUT2D eigenvalue weighted by Crippen LogP contribution is 2.35. The van der Waals surface area contributed by atoms with E-state index in [1.54, 1.807) is 18.0 Å². The molecule has 1 fully saturated rings. The summed E-state index contributed by atoms with van der Waals surface area (Å²) in [6.45, 7) is 5.59. The van der Waals surface area contributed by atoms with Crippen molar-refractivity contribution in [1.82, 2.24) is 14.8 Å². The van der Waals surface area contributed by atoms with Crippen LogP contribution in [0.5, 0.6) is 0 Å². The number of aromatic nitrogens is 1. The number of likely N-dealkylation sites (tertiary alicyclic amines) is 1. The van der Waals surface area contributed by atoms with E-state index in [-0.39, 0.29) is 24.2 Å². The summed E-state index contributed by atoms with van der Waals surface area (Å²) in [5.41, 5.74) is 8.62. The number of carbonyl (C=O) groups is 2. The number of benzene rings is 1. The van der Waals surface area contributed by atoms with Crippen molar-refractivity contribution in [2.75, 3.05) is 19.6 Å². The number of pyridine rings is 1. The van der Waals surface area contributed by atoms with Crippen molar-refractivity contribution in [3.63, 3.8) is 0 Å². The van der Waals surface area contributed by atoms with Crippen LogP contribution in [0, 0.1) is 5.92 Å². The van der Waals surface area contributed by atoms with Gasteiger partial charge in [-0.15, -0.1) is 0 Å². The normalized spacial score (nSPS) is 22.4. The van der Waals surface area contributed by atoms with Crippen LogP contribution in [-0.4, -0.2) is 52.2 Å². The summed E-state index contributed by atoms with van der Waals surface area (Å²) in [5, 5.41) is 0. The Hall–Kier alpha value is -3.22. The van der Waals surface area contributed by atoms with Gasteiger partial charge < -0.3 is 10.6 Å². The van der Waals surface area contributed by atoms with E-state index in [1.807, 2.05) is 48.4 Å². The van der Waals surface area contributed by atoms with Gasteiger partial charge in [-0.3, -0.25) is 19.5 Å². The van der Waals surface area contributed by atoms with Crippen molar-refractivity contribution < 1.29 is 9.59 Å². The second-order valence-corrected chi connectivity index (χ2v) is 8.70. The molecule has 1 aromatic heterocycles. The zero-order chi connectivity index (χ0) is 22.0. The molecule has 2 aromatic rings. The largest absolute Gasteiger partial charge is 0.369 e. The molecule has 0 saturated carbocycles. The number of carbonyl (C=O) groups excluding carboxylic acids is 2. The lowest BCUT2D eigenvalue weighted by atomic mass is 9.85. The predicted molar refractivity (Wildman–Crippen MR) is 120 cm³/mol. The van der Waals surface area contributed by atoms with Gasteiger partial charge in [-0.05, 0) is 54.5 Å². The zero-order valence-corrected chi connectivity index (χ0v) is 18.1. The lowest BCUT2D eigenvalue weighted by Gasteiger charge is -2.38. The van der Waals surface area contributed by atoms with Gasteiger partial charge in [0.2, 0.25) is 11.8 Å². The first-order valence-corrected chi connectivity index (χ1v) is 10.8. The fourth-order valence-corrected chi connectivity index (χ4v) is 4.49. The molecule has 2 aliphatic heterocycles. The quantitative estimate of drug-likeness (QED) is 0.825. The molecule has 4 rings (SSSR count). The lowest BCUT2D eigenvalue weighted by Crippen LogP contribution is -2.52. The average molecular weight is 420 g/mol. The third-order valence-electron chi connectivity index (χ3n) is 6.41. The van der Waals surface area contributed by atoms with E-state index < -0.39 is 5.54 Å². The molecular formula is C24H29N5O2. The summed E-state index contributed by atoms with van der Waals surface area (Å²) in [7, 11) is 0. The molecule has 0 unspecified atom stereocenters. The maximum absolute atomic E-state index is 13.1. The highest BCUT2D eigenvalue weighted by molar-refractivity contribution is 5.99. The third-order valence-corrected chi connectivity index (χ3v) is 6.41. The number of aliphatic imine (C=N–C) groups is 1. The summed E-state index contributed by atoms with van der Waals surface area (Å²) in [6, 6.07) is 12.0. The van der Waals surface area contributed by atoms with E-state index in [9.17, 15) is 9.59 Å². The first kappa shape index (κ1) is 21.0. The molecule has 3 heterocycles.